The van der Waals surface area contributed by atoms with Gasteiger partial charge in [0.1, 0.15) is 0 Å². The molecule has 4 heteroatoms. The molecule has 0 amide bonds. The number of aromatic nitrogens is 2. The van der Waals surface area contributed by atoms with E-state index in [1.54, 1.807) is 6.20 Å². The van der Waals surface area contributed by atoms with E-state index in [0.29, 0.717) is 12.5 Å². The van der Waals surface area contributed by atoms with E-state index < -0.39 is 0 Å². The fourth-order valence-corrected chi connectivity index (χ4v) is 1.91. The zero-order chi connectivity index (χ0) is 14.0. The molecule has 2 aromatic heterocycles. The van der Waals surface area contributed by atoms with Crippen LogP contribution in [0, 0.1) is 0 Å². The predicted molar refractivity (Wildman–Crippen MR) is 79.7 cm³/mol. The molecule has 0 aliphatic carbocycles. The number of nitrogens with one attached hydrogen (secondary N) is 1. The summed E-state index contributed by atoms with van der Waals surface area (Å²) in [5.74, 6) is 0.704. The third-order valence-corrected chi connectivity index (χ3v) is 2.99. The molecule has 4 nitrogen and oxygen atoms in total. The maximum Gasteiger partial charge on any atom is 0.213 e. The Morgan fingerprint density at radius 2 is 1.90 bits per heavy atom. The summed E-state index contributed by atoms with van der Waals surface area (Å²) in [6.07, 6.45) is 7.41. The van der Waals surface area contributed by atoms with Crippen LogP contribution in [0.4, 0.5) is 0 Å². The van der Waals surface area contributed by atoms with Crippen LogP contribution < -0.4 is 10.1 Å². The summed E-state index contributed by atoms with van der Waals surface area (Å²) in [5, 5.41) is 3.29. The molecule has 0 aliphatic heterocycles. The van der Waals surface area contributed by atoms with Gasteiger partial charge in [-0.25, -0.2) is 4.98 Å². The fraction of sp³-hybridized carbons (Fsp3) is 0.375. The van der Waals surface area contributed by atoms with Crippen LogP contribution in [0.5, 0.6) is 5.88 Å². The molecule has 0 atom stereocenters. The SMILES string of the molecule is CCNCc1ccnc(OCCCc2ccncc2)c1. The zero-order valence-electron chi connectivity index (χ0n) is 11.9. The Hall–Kier alpha value is -1.94. The Kier molecular flexibility index (Phi) is 5.99. The molecular weight excluding hydrogens is 250 g/mol. The van der Waals surface area contributed by atoms with Gasteiger partial charge in [-0.2, -0.15) is 0 Å². The van der Waals surface area contributed by atoms with Crippen LogP contribution in [-0.4, -0.2) is 23.1 Å². The van der Waals surface area contributed by atoms with Crippen LogP contribution in [-0.2, 0) is 13.0 Å². The lowest BCUT2D eigenvalue weighted by Gasteiger charge is -2.07. The van der Waals surface area contributed by atoms with Gasteiger partial charge >= 0.3 is 0 Å². The topological polar surface area (TPSA) is 47.0 Å². The highest BCUT2D eigenvalue weighted by Crippen LogP contribution is 2.10. The maximum atomic E-state index is 5.69. The first-order chi connectivity index (χ1) is 9.88. The zero-order valence-corrected chi connectivity index (χ0v) is 11.9. The van der Waals surface area contributed by atoms with Crippen LogP contribution in [0.3, 0.4) is 0 Å². The van der Waals surface area contributed by atoms with Gasteiger partial charge in [-0.05, 0) is 48.7 Å². The van der Waals surface area contributed by atoms with Crippen LogP contribution in [0.25, 0.3) is 0 Å². The second-order valence-electron chi connectivity index (χ2n) is 4.59. The third kappa shape index (κ3) is 4.97. The minimum Gasteiger partial charge on any atom is -0.478 e. The lowest BCUT2D eigenvalue weighted by Crippen LogP contribution is -2.12. The molecule has 1 N–H and O–H groups in total. The minimum absolute atomic E-state index is 0.681. The van der Waals surface area contributed by atoms with Gasteiger partial charge in [0, 0.05) is 31.2 Å². The highest BCUT2D eigenvalue weighted by atomic mass is 16.5. The van der Waals surface area contributed by atoms with Crippen molar-refractivity contribution in [2.24, 2.45) is 0 Å². The average Bonchev–Trinajstić information content (AvgIpc) is 2.51. The summed E-state index contributed by atoms with van der Waals surface area (Å²) in [6, 6.07) is 8.08. The first-order valence-corrected chi connectivity index (χ1v) is 7.06. The second kappa shape index (κ2) is 8.27. The van der Waals surface area contributed by atoms with Gasteiger partial charge in [0.2, 0.25) is 5.88 Å². The van der Waals surface area contributed by atoms with E-state index in [0.717, 1.165) is 25.9 Å². The number of hydrogen-bond donors (Lipinski definition) is 1. The van der Waals surface area contributed by atoms with Crippen molar-refractivity contribution >= 4 is 0 Å². The first-order valence-electron chi connectivity index (χ1n) is 7.06. The van der Waals surface area contributed by atoms with E-state index in [4.69, 9.17) is 4.74 Å². The van der Waals surface area contributed by atoms with E-state index in [1.165, 1.54) is 11.1 Å². The van der Waals surface area contributed by atoms with Crippen molar-refractivity contribution in [2.75, 3.05) is 13.2 Å². The number of nitrogens with zero attached hydrogens (tertiary/aromatic N) is 2. The van der Waals surface area contributed by atoms with Crippen molar-refractivity contribution in [3.63, 3.8) is 0 Å². The molecule has 0 aliphatic rings. The number of pyridine rings is 2. The van der Waals surface area contributed by atoms with Crippen LogP contribution in [0.1, 0.15) is 24.5 Å². The lowest BCUT2D eigenvalue weighted by molar-refractivity contribution is 0.299. The van der Waals surface area contributed by atoms with Crippen molar-refractivity contribution in [3.8, 4) is 5.88 Å². The first kappa shape index (κ1) is 14.5. The van der Waals surface area contributed by atoms with E-state index in [2.05, 4.69) is 22.2 Å². The molecule has 106 valence electrons. The molecule has 2 aromatic rings. The number of hydrogen-bond acceptors (Lipinski definition) is 4. The molecule has 0 saturated carbocycles. The molecule has 0 fully saturated rings. The lowest BCUT2D eigenvalue weighted by atomic mass is 10.1. The highest BCUT2D eigenvalue weighted by Gasteiger charge is 1.99. The summed E-state index contributed by atoms with van der Waals surface area (Å²) in [5.41, 5.74) is 2.49. The summed E-state index contributed by atoms with van der Waals surface area (Å²) in [7, 11) is 0. The molecule has 20 heavy (non-hydrogen) atoms. The summed E-state index contributed by atoms with van der Waals surface area (Å²) in [6.45, 7) is 4.59. The fourth-order valence-electron chi connectivity index (χ4n) is 1.91. The Morgan fingerprint density at radius 3 is 2.70 bits per heavy atom. The van der Waals surface area contributed by atoms with Crippen molar-refractivity contribution in [2.45, 2.75) is 26.3 Å². The Labute approximate surface area is 120 Å². The van der Waals surface area contributed by atoms with Crippen molar-refractivity contribution in [3.05, 3.63) is 54.0 Å². The van der Waals surface area contributed by atoms with Crippen molar-refractivity contribution in [1.82, 2.24) is 15.3 Å². The third-order valence-electron chi connectivity index (χ3n) is 2.99. The van der Waals surface area contributed by atoms with E-state index in [1.807, 2.05) is 36.7 Å². The van der Waals surface area contributed by atoms with Crippen LogP contribution >= 0.6 is 0 Å². The van der Waals surface area contributed by atoms with Crippen LogP contribution in [0.2, 0.25) is 0 Å². The Balaban J connectivity index is 1.73. The number of rotatable bonds is 8. The molecule has 0 spiro atoms. The molecule has 0 unspecified atom stereocenters. The number of aryl methyl sites for hydroxylation is 1. The molecule has 0 bridgehead atoms. The van der Waals surface area contributed by atoms with E-state index >= 15 is 0 Å². The quantitative estimate of drug-likeness (QED) is 0.750. The molecule has 0 saturated heterocycles. The Bertz CT molecular complexity index is 502. The average molecular weight is 271 g/mol. The summed E-state index contributed by atoms with van der Waals surface area (Å²) in [4.78, 5) is 8.24. The molecule has 0 radical (unpaired) electrons. The van der Waals surface area contributed by atoms with Gasteiger partial charge in [-0.1, -0.05) is 6.92 Å². The second-order valence-corrected chi connectivity index (χ2v) is 4.59. The summed E-state index contributed by atoms with van der Waals surface area (Å²) >= 11 is 0. The van der Waals surface area contributed by atoms with Gasteiger partial charge in [0.15, 0.2) is 0 Å². The minimum atomic E-state index is 0.681. The van der Waals surface area contributed by atoms with E-state index in [9.17, 15) is 0 Å². The van der Waals surface area contributed by atoms with Gasteiger partial charge < -0.3 is 10.1 Å². The Morgan fingerprint density at radius 1 is 1.10 bits per heavy atom. The largest absolute Gasteiger partial charge is 0.478 e. The highest BCUT2D eigenvalue weighted by molar-refractivity contribution is 5.20. The van der Waals surface area contributed by atoms with Gasteiger partial charge in [-0.3, -0.25) is 4.98 Å². The normalized spacial score (nSPS) is 10.4. The molecule has 2 heterocycles. The summed E-state index contributed by atoms with van der Waals surface area (Å²) < 4.78 is 5.69. The smallest absolute Gasteiger partial charge is 0.213 e. The molecule has 0 aromatic carbocycles. The van der Waals surface area contributed by atoms with Crippen LogP contribution in [0.15, 0.2) is 42.9 Å². The number of ether oxygens (including phenoxy) is 1. The van der Waals surface area contributed by atoms with Crippen molar-refractivity contribution < 1.29 is 4.74 Å². The monoisotopic (exact) mass is 271 g/mol. The maximum absolute atomic E-state index is 5.69. The van der Waals surface area contributed by atoms with Gasteiger partial charge in [-0.15, -0.1) is 0 Å². The standard InChI is InChI=1S/C16H21N3O/c1-2-17-13-15-7-10-19-16(12-15)20-11-3-4-14-5-8-18-9-6-14/h5-10,12,17H,2-4,11,13H2,1H3. The van der Waals surface area contributed by atoms with Gasteiger partial charge in [0.05, 0.1) is 6.61 Å². The van der Waals surface area contributed by atoms with Crippen molar-refractivity contribution in [1.29, 1.82) is 0 Å². The predicted octanol–water partition coefficient (Wildman–Crippen LogP) is 2.60. The molecule has 2 rings (SSSR count). The molecular formula is C16H21N3O. The van der Waals surface area contributed by atoms with E-state index in [-0.39, 0.29) is 0 Å². The van der Waals surface area contributed by atoms with Gasteiger partial charge in [0.25, 0.3) is 0 Å².